The Kier molecular flexibility index (Phi) is 4.24. The van der Waals surface area contributed by atoms with Gasteiger partial charge in [0.25, 0.3) is 0 Å². The molecule has 1 saturated heterocycles. The molecule has 1 aromatic rings. The van der Waals surface area contributed by atoms with Gasteiger partial charge in [-0.3, -0.25) is 5.41 Å². The molecule has 0 saturated carbocycles. The highest BCUT2D eigenvalue weighted by atomic mass is 15.2. The molecule has 1 fully saturated rings. The maximum absolute atomic E-state index is 7.72. The van der Waals surface area contributed by atoms with Gasteiger partial charge in [-0.05, 0) is 31.4 Å². The lowest BCUT2D eigenvalue weighted by molar-refractivity contribution is 0.556. The maximum Gasteiger partial charge on any atom is 0.124 e. The van der Waals surface area contributed by atoms with E-state index in [1.807, 2.05) is 18.2 Å². The Labute approximate surface area is 109 Å². The third-order valence-electron chi connectivity index (χ3n) is 3.85. The van der Waals surface area contributed by atoms with Gasteiger partial charge in [0.05, 0.1) is 0 Å². The molecular weight excluding hydrogens is 222 g/mol. The molecule has 1 atom stereocenters. The van der Waals surface area contributed by atoms with Crippen LogP contribution in [0.4, 0.5) is 5.69 Å². The summed E-state index contributed by atoms with van der Waals surface area (Å²) >= 11 is 0. The molecule has 98 valence electrons. The number of para-hydroxylation sites is 1. The summed E-state index contributed by atoms with van der Waals surface area (Å²) in [6.07, 6.45) is 6.28. The van der Waals surface area contributed by atoms with Crippen molar-refractivity contribution in [3.63, 3.8) is 0 Å². The minimum absolute atomic E-state index is 0.171. The highest BCUT2D eigenvalue weighted by molar-refractivity contribution is 6.00. The summed E-state index contributed by atoms with van der Waals surface area (Å²) in [5.41, 5.74) is 7.71. The lowest BCUT2D eigenvalue weighted by Gasteiger charge is -2.33. The number of hydrogen-bond acceptors (Lipinski definition) is 2. The highest BCUT2D eigenvalue weighted by Crippen LogP contribution is 2.28. The van der Waals surface area contributed by atoms with Gasteiger partial charge in [-0.15, -0.1) is 0 Å². The van der Waals surface area contributed by atoms with E-state index in [0.29, 0.717) is 6.04 Å². The predicted octanol–water partition coefficient (Wildman–Crippen LogP) is 3.13. The van der Waals surface area contributed by atoms with Crippen molar-refractivity contribution in [1.29, 1.82) is 5.41 Å². The van der Waals surface area contributed by atoms with Gasteiger partial charge in [-0.2, -0.15) is 0 Å². The molecule has 0 spiro atoms. The van der Waals surface area contributed by atoms with Crippen LogP contribution in [0, 0.1) is 5.41 Å². The van der Waals surface area contributed by atoms with E-state index in [-0.39, 0.29) is 5.84 Å². The first-order valence-electron chi connectivity index (χ1n) is 6.94. The minimum Gasteiger partial charge on any atom is -0.384 e. The van der Waals surface area contributed by atoms with E-state index in [9.17, 15) is 0 Å². The summed E-state index contributed by atoms with van der Waals surface area (Å²) in [7, 11) is 0. The van der Waals surface area contributed by atoms with Crippen molar-refractivity contribution in [1.82, 2.24) is 0 Å². The molecule has 0 aromatic heterocycles. The van der Waals surface area contributed by atoms with Crippen LogP contribution in [0.25, 0.3) is 0 Å². The molecule has 0 aliphatic carbocycles. The molecule has 0 radical (unpaired) electrons. The molecular formula is C15H23N3. The summed E-state index contributed by atoms with van der Waals surface area (Å²) in [5, 5.41) is 7.72. The van der Waals surface area contributed by atoms with Crippen LogP contribution in [-0.2, 0) is 0 Å². The van der Waals surface area contributed by atoms with Crippen LogP contribution in [0.15, 0.2) is 24.3 Å². The zero-order valence-corrected chi connectivity index (χ0v) is 11.2. The van der Waals surface area contributed by atoms with Gasteiger partial charge in [0.1, 0.15) is 5.84 Å². The van der Waals surface area contributed by atoms with Crippen molar-refractivity contribution >= 4 is 11.5 Å². The lowest BCUT2D eigenvalue weighted by atomic mass is 10.0. The summed E-state index contributed by atoms with van der Waals surface area (Å²) in [5.74, 6) is 0.171. The van der Waals surface area contributed by atoms with Crippen molar-refractivity contribution in [2.45, 2.75) is 45.1 Å². The second-order valence-corrected chi connectivity index (χ2v) is 5.04. The van der Waals surface area contributed by atoms with Crippen LogP contribution < -0.4 is 10.6 Å². The van der Waals surface area contributed by atoms with Crippen LogP contribution in [-0.4, -0.2) is 18.4 Å². The number of rotatable bonds is 3. The number of amidine groups is 1. The smallest absolute Gasteiger partial charge is 0.124 e. The molecule has 0 bridgehead atoms. The van der Waals surface area contributed by atoms with Crippen LogP contribution in [0.3, 0.4) is 0 Å². The Morgan fingerprint density at radius 1 is 1.33 bits per heavy atom. The van der Waals surface area contributed by atoms with Crippen molar-refractivity contribution in [2.75, 3.05) is 11.4 Å². The molecule has 0 amide bonds. The third-order valence-corrected chi connectivity index (χ3v) is 3.85. The Balaban J connectivity index is 2.35. The number of anilines is 1. The van der Waals surface area contributed by atoms with E-state index >= 15 is 0 Å². The molecule has 1 aliphatic heterocycles. The van der Waals surface area contributed by atoms with Crippen molar-refractivity contribution in [2.24, 2.45) is 5.73 Å². The van der Waals surface area contributed by atoms with Gasteiger partial charge in [-0.1, -0.05) is 31.9 Å². The first kappa shape index (κ1) is 12.9. The van der Waals surface area contributed by atoms with E-state index in [2.05, 4.69) is 17.9 Å². The van der Waals surface area contributed by atoms with Crippen LogP contribution in [0.2, 0.25) is 0 Å². The largest absolute Gasteiger partial charge is 0.384 e. The fourth-order valence-corrected chi connectivity index (χ4v) is 2.87. The SMILES string of the molecule is CCC1CCCCCN1c1ccccc1C(=N)N. The van der Waals surface area contributed by atoms with Crippen molar-refractivity contribution in [3.05, 3.63) is 29.8 Å². The Hall–Kier alpha value is -1.51. The van der Waals surface area contributed by atoms with Gasteiger partial charge >= 0.3 is 0 Å². The summed E-state index contributed by atoms with van der Waals surface area (Å²) in [4.78, 5) is 2.46. The molecule has 18 heavy (non-hydrogen) atoms. The number of nitrogens with zero attached hydrogens (tertiary/aromatic N) is 1. The summed E-state index contributed by atoms with van der Waals surface area (Å²) in [6, 6.07) is 8.64. The summed E-state index contributed by atoms with van der Waals surface area (Å²) in [6.45, 7) is 3.34. The molecule has 1 aliphatic rings. The van der Waals surface area contributed by atoms with Gasteiger partial charge in [-0.25, -0.2) is 0 Å². The van der Waals surface area contributed by atoms with Gasteiger partial charge in [0, 0.05) is 23.8 Å². The topological polar surface area (TPSA) is 53.1 Å². The first-order valence-corrected chi connectivity index (χ1v) is 6.94. The number of nitrogens with one attached hydrogen (secondary N) is 1. The van der Waals surface area contributed by atoms with Gasteiger partial charge in [0.2, 0.25) is 0 Å². The van der Waals surface area contributed by atoms with Gasteiger partial charge < -0.3 is 10.6 Å². The number of nitrogens with two attached hydrogens (primary N) is 1. The minimum atomic E-state index is 0.171. The fourth-order valence-electron chi connectivity index (χ4n) is 2.87. The van der Waals surface area contributed by atoms with Gasteiger partial charge in [0.15, 0.2) is 0 Å². The molecule has 1 aromatic carbocycles. The average molecular weight is 245 g/mol. The zero-order chi connectivity index (χ0) is 13.0. The first-order chi connectivity index (χ1) is 8.74. The molecule has 1 unspecified atom stereocenters. The molecule has 3 heteroatoms. The van der Waals surface area contributed by atoms with Crippen LogP contribution >= 0.6 is 0 Å². The van der Waals surface area contributed by atoms with E-state index in [1.54, 1.807) is 0 Å². The number of nitrogen functional groups attached to an aromatic ring is 1. The van der Waals surface area contributed by atoms with Crippen molar-refractivity contribution < 1.29 is 0 Å². The van der Waals surface area contributed by atoms with E-state index in [0.717, 1.165) is 24.2 Å². The fraction of sp³-hybridized carbons (Fsp3) is 0.533. The lowest BCUT2D eigenvalue weighted by Crippen LogP contribution is -2.36. The standard InChI is InChI=1S/C15H23N3/c1-2-12-8-4-3-7-11-18(12)14-10-6-5-9-13(14)15(16)17/h5-6,9-10,12H,2-4,7-8,11H2,1H3,(H3,16,17). The predicted molar refractivity (Wildman–Crippen MR) is 77.4 cm³/mol. The number of benzene rings is 1. The second-order valence-electron chi connectivity index (χ2n) is 5.04. The molecule has 3 nitrogen and oxygen atoms in total. The summed E-state index contributed by atoms with van der Waals surface area (Å²) < 4.78 is 0. The normalized spacial score (nSPS) is 20.5. The average Bonchev–Trinajstić information content (AvgIpc) is 2.63. The second kappa shape index (κ2) is 5.89. The van der Waals surface area contributed by atoms with E-state index in [1.165, 1.54) is 25.7 Å². The molecule has 3 N–H and O–H groups in total. The Bertz CT molecular complexity index is 414. The maximum atomic E-state index is 7.72. The monoisotopic (exact) mass is 245 g/mol. The Morgan fingerprint density at radius 2 is 2.11 bits per heavy atom. The quantitative estimate of drug-likeness (QED) is 0.635. The highest BCUT2D eigenvalue weighted by Gasteiger charge is 2.22. The van der Waals surface area contributed by atoms with Crippen molar-refractivity contribution in [3.8, 4) is 0 Å². The van der Waals surface area contributed by atoms with E-state index in [4.69, 9.17) is 11.1 Å². The Morgan fingerprint density at radius 3 is 2.83 bits per heavy atom. The van der Waals surface area contributed by atoms with E-state index < -0.39 is 0 Å². The molecule has 1 heterocycles. The van der Waals surface area contributed by atoms with Crippen LogP contribution in [0.5, 0.6) is 0 Å². The number of hydrogen-bond donors (Lipinski definition) is 2. The third kappa shape index (κ3) is 2.66. The van der Waals surface area contributed by atoms with Crippen LogP contribution in [0.1, 0.15) is 44.6 Å². The molecule has 2 rings (SSSR count). The zero-order valence-electron chi connectivity index (χ0n) is 11.2.